The number of likely N-dealkylation sites (tertiary alicyclic amines) is 1. The third-order valence-electron chi connectivity index (χ3n) is 2.77. The summed E-state index contributed by atoms with van der Waals surface area (Å²) in [6.45, 7) is 4.28. The Morgan fingerprint density at radius 2 is 2.17 bits per heavy atom. The lowest BCUT2D eigenvalue weighted by Gasteiger charge is -2.17. The second-order valence-electron chi connectivity index (χ2n) is 4.40. The molecule has 7 heteroatoms. The lowest BCUT2D eigenvalue weighted by atomic mass is 10.4. The first-order chi connectivity index (χ1) is 8.67. The molecule has 1 aliphatic heterocycles. The van der Waals surface area contributed by atoms with Gasteiger partial charge in [0, 0.05) is 26.2 Å². The monoisotopic (exact) mass is 257 g/mol. The Labute approximate surface area is 108 Å². The van der Waals surface area contributed by atoms with Gasteiger partial charge in [-0.25, -0.2) is 10.8 Å². The molecule has 0 aromatic carbocycles. The molecule has 0 aromatic heterocycles. The molecule has 1 aliphatic rings. The van der Waals surface area contributed by atoms with Gasteiger partial charge < -0.3 is 15.0 Å². The fraction of sp³-hybridized carbons (Fsp3) is 0.818. The van der Waals surface area contributed by atoms with E-state index in [9.17, 15) is 4.79 Å². The van der Waals surface area contributed by atoms with E-state index in [0.29, 0.717) is 12.6 Å². The fourth-order valence-corrected chi connectivity index (χ4v) is 1.87. The van der Waals surface area contributed by atoms with E-state index in [-0.39, 0.29) is 18.5 Å². The number of carbonyl (C=O) groups excluding carboxylic acids is 1. The summed E-state index contributed by atoms with van der Waals surface area (Å²) in [6.07, 6.45) is 2.17. The molecule has 4 N–H and O–H groups in total. The van der Waals surface area contributed by atoms with Crippen LogP contribution in [-0.2, 0) is 9.53 Å². The molecular weight excluding hydrogens is 234 g/mol. The SMILES string of the molecule is COCC(C)NC(=NCC(=O)N1CCCC1)NN. The zero-order valence-corrected chi connectivity index (χ0v) is 11.1. The standard InChI is InChI=1S/C11H23N5O2/c1-9(8-18-2)14-11(15-12)13-7-10(17)16-5-3-4-6-16/h9H,3-8,12H2,1-2H3,(H2,13,14,15). The van der Waals surface area contributed by atoms with Gasteiger partial charge in [0.25, 0.3) is 0 Å². The molecule has 0 aliphatic carbocycles. The third-order valence-corrected chi connectivity index (χ3v) is 2.77. The van der Waals surface area contributed by atoms with Gasteiger partial charge in [-0.2, -0.15) is 0 Å². The maximum absolute atomic E-state index is 11.8. The average Bonchev–Trinajstić information content (AvgIpc) is 2.88. The van der Waals surface area contributed by atoms with Crippen LogP contribution in [0.3, 0.4) is 0 Å². The summed E-state index contributed by atoms with van der Waals surface area (Å²) in [6, 6.07) is 0.0756. The van der Waals surface area contributed by atoms with Crippen molar-refractivity contribution >= 4 is 11.9 Å². The second kappa shape index (κ2) is 7.88. The van der Waals surface area contributed by atoms with Gasteiger partial charge in [0.05, 0.1) is 6.61 Å². The van der Waals surface area contributed by atoms with E-state index in [2.05, 4.69) is 15.7 Å². The Morgan fingerprint density at radius 3 is 2.72 bits per heavy atom. The number of guanidine groups is 1. The maximum atomic E-state index is 11.8. The molecule has 0 spiro atoms. The van der Waals surface area contributed by atoms with E-state index in [1.54, 1.807) is 7.11 Å². The molecule has 1 heterocycles. The molecule has 18 heavy (non-hydrogen) atoms. The van der Waals surface area contributed by atoms with Gasteiger partial charge in [-0.3, -0.25) is 10.2 Å². The van der Waals surface area contributed by atoms with Crippen molar-refractivity contribution in [3.05, 3.63) is 0 Å². The van der Waals surface area contributed by atoms with E-state index in [1.807, 2.05) is 11.8 Å². The molecule has 7 nitrogen and oxygen atoms in total. The number of amides is 1. The van der Waals surface area contributed by atoms with Crippen LogP contribution in [0.1, 0.15) is 19.8 Å². The minimum atomic E-state index is 0.0430. The molecule has 1 amide bonds. The van der Waals surface area contributed by atoms with Crippen LogP contribution in [-0.4, -0.2) is 56.2 Å². The predicted octanol–water partition coefficient (Wildman–Crippen LogP) is -0.947. The fourth-order valence-electron chi connectivity index (χ4n) is 1.87. The highest BCUT2D eigenvalue weighted by molar-refractivity contribution is 5.84. The summed E-state index contributed by atoms with van der Waals surface area (Å²) in [5.41, 5.74) is 2.45. The molecule has 0 bridgehead atoms. The molecule has 1 rings (SSSR count). The van der Waals surface area contributed by atoms with Crippen LogP contribution in [0.5, 0.6) is 0 Å². The smallest absolute Gasteiger partial charge is 0.244 e. The Balaban J connectivity index is 2.38. The van der Waals surface area contributed by atoms with Crippen LogP contribution in [0.4, 0.5) is 0 Å². The van der Waals surface area contributed by atoms with Gasteiger partial charge in [-0.1, -0.05) is 0 Å². The number of aliphatic imine (C=N–C) groups is 1. The van der Waals surface area contributed by atoms with Crippen molar-refractivity contribution in [1.82, 2.24) is 15.6 Å². The highest BCUT2D eigenvalue weighted by Crippen LogP contribution is 2.07. The van der Waals surface area contributed by atoms with Crippen molar-refractivity contribution in [2.24, 2.45) is 10.8 Å². The number of methoxy groups -OCH3 is 1. The van der Waals surface area contributed by atoms with Gasteiger partial charge in [0.2, 0.25) is 11.9 Å². The second-order valence-corrected chi connectivity index (χ2v) is 4.40. The van der Waals surface area contributed by atoms with Gasteiger partial charge in [0.15, 0.2) is 0 Å². The minimum absolute atomic E-state index is 0.0430. The summed E-state index contributed by atoms with van der Waals surface area (Å²) < 4.78 is 4.99. The lowest BCUT2D eigenvalue weighted by molar-refractivity contribution is -0.128. The first-order valence-electron chi connectivity index (χ1n) is 6.21. The van der Waals surface area contributed by atoms with Crippen LogP contribution < -0.4 is 16.6 Å². The highest BCUT2D eigenvalue weighted by atomic mass is 16.5. The number of hydrazine groups is 1. The van der Waals surface area contributed by atoms with E-state index < -0.39 is 0 Å². The third kappa shape index (κ3) is 4.89. The Hall–Kier alpha value is -1.34. The van der Waals surface area contributed by atoms with E-state index in [0.717, 1.165) is 25.9 Å². The summed E-state index contributed by atoms with van der Waals surface area (Å²) in [7, 11) is 1.63. The Bertz CT molecular complexity index is 289. The van der Waals surface area contributed by atoms with Crippen molar-refractivity contribution < 1.29 is 9.53 Å². The zero-order chi connectivity index (χ0) is 13.4. The molecule has 1 saturated heterocycles. The van der Waals surface area contributed by atoms with Crippen LogP contribution in [0.2, 0.25) is 0 Å². The number of hydrogen-bond acceptors (Lipinski definition) is 4. The van der Waals surface area contributed by atoms with Crippen LogP contribution in [0.15, 0.2) is 4.99 Å². The number of carbonyl (C=O) groups is 1. The Morgan fingerprint density at radius 1 is 1.50 bits per heavy atom. The summed E-state index contributed by atoms with van der Waals surface area (Å²) in [5.74, 6) is 5.80. The quantitative estimate of drug-likeness (QED) is 0.256. The van der Waals surface area contributed by atoms with Gasteiger partial charge in [-0.15, -0.1) is 0 Å². The predicted molar refractivity (Wildman–Crippen MR) is 69.9 cm³/mol. The number of ether oxygens (including phenoxy) is 1. The van der Waals surface area contributed by atoms with Crippen LogP contribution >= 0.6 is 0 Å². The first-order valence-corrected chi connectivity index (χ1v) is 6.21. The molecule has 1 atom stereocenters. The molecule has 1 unspecified atom stereocenters. The van der Waals surface area contributed by atoms with Crippen molar-refractivity contribution in [2.45, 2.75) is 25.8 Å². The Kier molecular flexibility index (Phi) is 6.45. The number of nitrogens with one attached hydrogen (secondary N) is 2. The van der Waals surface area contributed by atoms with Crippen molar-refractivity contribution in [3.8, 4) is 0 Å². The topological polar surface area (TPSA) is 92.0 Å². The summed E-state index contributed by atoms with van der Waals surface area (Å²) >= 11 is 0. The van der Waals surface area contributed by atoms with Crippen LogP contribution in [0, 0.1) is 0 Å². The number of nitrogens with two attached hydrogens (primary N) is 1. The van der Waals surface area contributed by atoms with E-state index in [4.69, 9.17) is 10.6 Å². The van der Waals surface area contributed by atoms with Gasteiger partial charge in [-0.05, 0) is 19.8 Å². The van der Waals surface area contributed by atoms with Gasteiger partial charge >= 0.3 is 0 Å². The number of hydrogen-bond donors (Lipinski definition) is 3. The molecular formula is C11H23N5O2. The molecule has 0 aromatic rings. The maximum Gasteiger partial charge on any atom is 0.244 e. The highest BCUT2D eigenvalue weighted by Gasteiger charge is 2.17. The number of nitrogens with zero attached hydrogens (tertiary/aromatic N) is 2. The lowest BCUT2D eigenvalue weighted by Crippen LogP contribution is -2.47. The van der Waals surface area contributed by atoms with Gasteiger partial charge in [0.1, 0.15) is 6.54 Å². The zero-order valence-electron chi connectivity index (χ0n) is 11.1. The summed E-state index contributed by atoms with van der Waals surface area (Å²) in [5, 5.41) is 3.03. The molecule has 0 radical (unpaired) electrons. The normalized spacial score (nSPS) is 17.7. The minimum Gasteiger partial charge on any atom is -0.383 e. The molecule has 0 saturated carbocycles. The first kappa shape index (κ1) is 14.7. The molecule has 1 fully saturated rings. The molecule has 104 valence electrons. The van der Waals surface area contributed by atoms with Crippen molar-refractivity contribution in [3.63, 3.8) is 0 Å². The number of rotatable bonds is 5. The largest absolute Gasteiger partial charge is 0.383 e. The van der Waals surface area contributed by atoms with E-state index >= 15 is 0 Å². The average molecular weight is 257 g/mol. The van der Waals surface area contributed by atoms with Crippen molar-refractivity contribution in [2.75, 3.05) is 33.4 Å². The van der Waals surface area contributed by atoms with Crippen LogP contribution in [0.25, 0.3) is 0 Å². The summed E-state index contributed by atoms with van der Waals surface area (Å²) in [4.78, 5) is 17.7. The van der Waals surface area contributed by atoms with Crippen molar-refractivity contribution in [1.29, 1.82) is 0 Å². The van der Waals surface area contributed by atoms with E-state index in [1.165, 1.54) is 0 Å².